The Morgan fingerprint density at radius 1 is 1.29 bits per heavy atom. The Balaban J connectivity index is 1.46. The molecule has 0 saturated carbocycles. The van der Waals surface area contributed by atoms with Crippen LogP contribution in [0.2, 0.25) is 0 Å². The molecule has 116 valence electrons. The normalized spacial score (nSPS) is 23.8. The summed E-state index contributed by atoms with van der Waals surface area (Å²) in [7, 11) is 0. The van der Waals surface area contributed by atoms with Crippen LogP contribution in [0.5, 0.6) is 5.75 Å². The molecule has 2 atom stereocenters. The number of hydrogen-bond acceptors (Lipinski definition) is 3. The van der Waals surface area contributed by atoms with Crippen molar-refractivity contribution in [1.29, 1.82) is 0 Å². The first-order valence-corrected chi connectivity index (χ1v) is 8.36. The average molecular weight is 289 g/mol. The maximum Gasteiger partial charge on any atom is 0.119 e. The minimum absolute atomic E-state index is 0.393. The molecule has 3 rings (SSSR count). The molecule has 1 aliphatic heterocycles. The van der Waals surface area contributed by atoms with Crippen LogP contribution in [0.25, 0.3) is 0 Å². The van der Waals surface area contributed by atoms with Gasteiger partial charge in [0.1, 0.15) is 18.5 Å². The molecule has 1 aromatic carbocycles. The van der Waals surface area contributed by atoms with Crippen molar-refractivity contribution in [2.24, 2.45) is 5.92 Å². The minimum atomic E-state index is -0.399. The number of aliphatic hydroxyl groups is 1. The molecule has 0 amide bonds. The lowest BCUT2D eigenvalue weighted by Crippen LogP contribution is -2.41. The van der Waals surface area contributed by atoms with Gasteiger partial charge in [-0.25, -0.2) is 0 Å². The fraction of sp³-hybridized carbons (Fsp3) is 0.667. The number of piperidine rings is 1. The summed E-state index contributed by atoms with van der Waals surface area (Å²) >= 11 is 0. The van der Waals surface area contributed by atoms with E-state index in [1.54, 1.807) is 0 Å². The molecular weight excluding hydrogens is 262 g/mol. The maximum absolute atomic E-state index is 10.2. The van der Waals surface area contributed by atoms with Gasteiger partial charge < -0.3 is 14.7 Å². The molecule has 3 heteroatoms. The van der Waals surface area contributed by atoms with Gasteiger partial charge in [-0.15, -0.1) is 0 Å². The van der Waals surface area contributed by atoms with Gasteiger partial charge >= 0.3 is 0 Å². The molecule has 3 nitrogen and oxygen atoms in total. The summed E-state index contributed by atoms with van der Waals surface area (Å²) in [6.07, 6.45) is 5.79. The fourth-order valence-corrected chi connectivity index (χ4v) is 3.63. The lowest BCUT2D eigenvalue weighted by atomic mass is 10.0. The van der Waals surface area contributed by atoms with Crippen molar-refractivity contribution >= 4 is 0 Å². The van der Waals surface area contributed by atoms with Gasteiger partial charge in [-0.2, -0.15) is 0 Å². The van der Waals surface area contributed by atoms with Crippen molar-refractivity contribution in [3.05, 3.63) is 29.3 Å². The van der Waals surface area contributed by atoms with Crippen LogP contribution in [0.4, 0.5) is 0 Å². The zero-order valence-electron chi connectivity index (χ0n) is 13.1. The Morgan fingerprint density at radius 3 is 3.00 bits per heavy atom. The van der Waals surface area contributed by atoms with Crippen molar-refractivity contribution in [2.45, 2.75) is 45.1 Å². The molecule has 21 heavy (non-hydrogen) atoms. The smallest absolute Gasteiger partial charge is 0.119 e. The van der Waals surface area contributed by atoms with E-state index in [9.17, 15) is 5.11 Å². The highest BCUT2D eigenvalue weighted by Gasteiger charge is 2.19. The number of fused-ring (bicyclic) bond motifs is 1. The Labute approximate surface area is 127 Å². The largest absolute Gasteiger partial charge is 0.491 e. The zero-order chi connectivity index (χ0) is 14.7. The van der Waals surface area contributed by atoms with Crippen LogP contribution >= 0.6 is 0 Å². The number of aryl methyl sites for hydroxylation is 2. The number of benzene rings is 1. The standard InChI is InChI=1S/C18H27NO2/c1-14-4-3-9-19(11-14)12-17(20)13-21-18-8-7-15-5-2-6-16(15)10-18/h7-8,10,14,17,20H,2-6,9,11-13H2,1H3/t14-,17+/m1/s1. The Morgan fingerprint density at radius 2 is 2.14 bits per heavy atom. The molecule has 1 N–H and O–H groups in total. The van der Waals surface area contributed by atoms with Crippen molar-refractivity contribution < 1.29 is 9.84 Å². The van der Waals surface area contributed by atoms with E-state index in [1.807, 2.05) is 6.07 Å². The summed E-state index contributed by atoms with van der Waals surface area (Å²) in [4.78, 5) is 2.37. The maximum atomic E-state index is 10.2. The third-order valence-electron chi connectivity index (χ3n) is 4.72. The first-order valence-electron chi connectivity index (χ1n) is 8.36. The molecule has 2 aliphatic rings. The molecule has 0 aromatic heterocycles. The predicted molar refractivity (Wildman–Crippen MR) is 84.8 cm³/mol. The topological polar surface area (TPSA) is 32.7 Å². The molecular formula is C18H27NO2. The van der Waals surface area contributed by atoms with Crippen LogP contribution in [-0.4, -0.2) is 42.4 Å². The summed E-state index contributed by atoms with van der Waals surface area (Å²) in [6.45, 7) is 5.63. The number of nitrogens with zero attached hydrogens (tertiary/aromatic N) is 1. The van der Waals surface area contributed by atoms with E-state index in [-0.39, 0.29) is 0 Å². The van der Waals surface area contributed by atoms with Gasteiger partial charge in [0.2, 0.25) is 0 Å². The Bertz CT molecular complexity index is 474. The first kappa shape index (κ1) is 14.9. The Kier molecular flexibility index (Phi) is 4.81. The van der Waals surface area contributed by atoms with Gasteiger partial charge in [0.15, 0.2) is 0 Å². The number of β-amino-alcohol motifs (C(OH)–C–C–N with tert-alkyl or cyclic N) is 1. The quantitative estimate of drug-likeness (QED) is 0.904. The number of rotatable bonds is 5. The lowest BCUT2D eigenvalue weighted by Gasteiger charge is -2.32. The fourth-order valence-electron chi connectivity index (χ4n) is 3.63. The molecule has 1 saturated heterocycles. The minimum Gasteiger partial charge on any atom is -0.491 e. The van der Waals surface area contributed by atoms with Crippen molar-refractivity contribution in [1.82, 2.24) is 4.90 Å². The van der Waals surface area contributed by atoms with Crippen LogP contribution in [0, 0.1) is 5.92 Å². The third-order valence-corrected chi connectivity index (χ3v) is 4.72. The molecule has 0 spiro atoms. The van der Waals surface area contributed by atoms with Gasteiger partial charge in [0, 0.05) is 13.1 Å². The van der Waals surface area contributed by atoms with Gasteiger partial charge in [-0.05, 0) is 67.8 Å². The van der Waals surface area contributed by atoms with Crippen LogP contribution in [0.15, 0.2) is 18.2 Å². The highest BCUT2D eigenvalue weighted by atomic mass is 16.5. The first-order chi connectivity index (χ1) is 10.2. The van der Waals surface area contributed by atoms with Crippen molar-refractivity contribution in [2.75, 3.05) is 26.2 Å². The molecule has 0 unspecified atom stereocenters. The van der Waals surface area contributed by atoms with Gasteiger partial charge in [0.05, 0.1) is 0 Å². The molecule has 0 bridgehead atoms. The Hall–Kier alpha value is -1.06. The highest BCUT2D eigenvalue weighted by Crippen LogP contribution is 2.26. The van der Waals surface area contributed by atoms with Gasteiger partial charge in [0.25, 0.3) is 0 Å². The van der Waals surface area contributed by atoms with Gasteiger partial charge in [-0.3, -0.25) is 0 Å². The molecule has 1 aromatic rings. The lowest BCUT2D eigenvalue weighted by molar-refractivity contribution is 0.0537. The summed E-state index contributed by atoms with van der Waals surface area (Å²) in [5, 5.41) is 10.2. The highest BCUT2D eigenvalue weighted by molar-refractivity contribution is 5.38. The van der Waals surface area contributed by atoms with E-state index < -0.39 is 6.10 Å². The second-order valence-electron chi connectivity index (χ2n) is 6.76. The predicted octanol–water partition coefficient (Wildman–Crippen LogP) is 2.65. The van der Waals surface area contributed by atoms with Crippen molar-refractivity contribution in [3.8, 4) is 5.75 Å². The van der Waals surface area contributed by atoms with E-state index in [0.717, 1.165) is 31.3 Å². The van der Waals surface area contributed by atoms with E-state index in [1.165, 1.54) is 43.2 Å². The van der Waals surface area contributed by atoms with Crippen LogP contribution in [-0.2, 0) is 12.8 Å². The number of likely N-dealkylation sites (tertiary alicyclic amines) is 1. The summed E-state index contributed by atoms with van der Waals surface area (Å²) < 4.78 is 5.78. The van der Waals surface area contributed by atoms with Gasteiger partial charge in [-0.1, -0.05) is 13.0 Å². The monoisotopic (exact) mass is 289 g/mol. The van der Waals surface area contributed by atoms with Crippen LogP contribution in [0.1, 0.15) is 37.3 Å². The van der Waals surface area contributed by atoms with Crippen molar-refractivity contribution in [3.63, 3.8) is 0 Å². The molecule has 1 heterocycles. The van der Waals surface area contributed by atoms with E-state index in [0.29, 0.717) is 6.61 Å². The second kappa shape index (κ2) is 6.80. The SMILES string of the molecule is C[C@@H]1CCCN(C[C@H](O)COc2ccc3c(c2)CCC3)C1. The third kappa shape index (κ3) is 3.98. The number of ether oxygens (including phenoxy) is 1. The average Bonchev–Trinajstić information content (AvgIpc) is 2.92. The second-order valence-corrected chi connectivity index (χ2v) is 6.76. The number of hydrogen-bond donors (Lipinski definition) is 1. The summed E-state index contributed by atoms with van der Waals surface area (Å²) in [5.41, 5.74) is 2.89. The van der Waals surface area contributed by atoms with Crippen LogP contribution < -0.4 is 4.74 Å². The van der Waals surface area contributed by atoms with Crippen LogP contribution in [0.3, 0.4) is 0 Å². The summed E-state index contributed by atoms with van der Waals surface area (Å²) in [5.74, 6) is 1.66. The zero-order valence-corrected chi connectivity index (χ0v) is 13.1. The molecule has 0 radical (unpaired) electrons. The molecule has 1 aliphatic carbocycles. The van der Waals surface area contributed by atoms with E-state index >= 15 is 0 Å². The van der Waals surface area contributed by atoms with E-state index in [4.69, 9.17) is 4.74 Å². The number of aliphatic hydroxyl groups excluding tert-OH is 1. The van der Waals surface area contributed by atoms with E-state index in [2.05, 4.69) is 24.0 Å². The summed E-state index contributed by atoms with van der Waals surface area (Å²) in [6, 6.07) is 6.37. The molecule has 1 fully saturated rings.